The SMILES string of the molecule is CCCC(NC1CCC(OC2CCCC2)CC1)C(=O)O. The zero-order chi connectivity index (χ0) is 14.4. The minimum atomic E-state index is -0.712. The number of ether oxygens (including phenoxy) is 1. The van der Waals surface area contributed by atoms with Crippen LogP contribution < -0.4 is 5.32 Å². The molecule has 0 amide bonds. The maximum atomic E-state index is 11.2. The quantitative estimate of drug-likeness (QED) is 0.754. The van der Waals surface area contributed by atoms with Crippen molar-refractivity contribution in [3.05, 3.63) is 0 Å². The lowest BCUT2D eigenvalue weighted by Crippen LogP contribution is -2.45. The van der Waals surface area contributed by atoms with Crippen LogP contribution in [-0.2, 0) is 9.53 Å². The maximum Gasteiger partial charge on any atom is 0.320 e. The summed E-state index contributed by atoms with van der Waals surface area (Å²) in [6.07, 6.45) is 11.9. The molecule has 116 valence electrons. The van der Waals surface area contributed by atoms with E-state index in [1.807, 2.05) is 6.92 Å². The van der Waals surface area contributed by atoms with Gasteiger partial charge < -0.3 is 15.2 Å². The zero-order valence-electron chi connectivity index (χ0n) is 12.6. The summed E-state index contributed by atoms with van der Waals surface area (Å²) in [5.74, 6) is -0.712. The van der Waals surface area contributed by atoms with Crippen molar-refractivity contribution in [3.8, 4) is 0 Å². The van der Waals surface area contributed by atoms with Crippen LogP contribution in [0.15, 0.2) is 0 Å². The summed E-state index contributed by atoms with van der Waals surface area (Å²) in [6, 6.07) is -0.0246. The van der Waals surface area contributed by atoms with Crippen molar-refractivity contribution in [3.63, 3.8) is 0 Å². The maximum absolute atomic E-state index is 11.2. The summed E-state index contributed by atoms with van der Waals surface area (Å²) in [5, 5.41) is 12.5. The van der Waals surface area contributed by atoms with E-state index in [2.05, 4.69) is 5.32 Å². The lowest BCUT2D eigenvalue weighted by atomic mass is 9.92. The highest BCUT2D eigenvalue weighted by Gasteiger charge is 2.28. The van der Waals surface area contributed by atoms with E-state index in [4.69, 9.17) is 4.74 Å². The number of hydrogen-bond acceptors (Lipinski definition) is 3. The third kappa shape index (κ3) is 4.74. The van der Waals surface area contributed by atoms with Crippen molar-refractivity contribution in [2.45, 2.75) is 95.4 Å². The van der Waals surface area contributed by atoms with Crippen LogP contribution >= 0.6 is 0 Å². The highest BCUT2D eigenvalue weighted by molar-refractivity contribution is 5.73. The monoisotopic (exact) mass is 283 g/mol. The molecular weight excluding hydrogens is 254 g/mol. The topological polar surface area (TPSA) is 58.6 Å². The molecular formula is C16H29NO3. The Hall–Kier alpha value is -0.610. The Labute approximate surface area is 122 Å². The molecule has 20 heavy (non-hydrogen) atoms. The van der Waals surface area contributed by atoms with Gasteiger partial charge in [-0.15, -0.1) is 0 Å². The molecule has 0 aliphatic heterocycles. The van der Waals surface area contributed by atoms with Crippen LogP contribution in [0.5, 0.6) is 0 Å². The fourth-order valence-electron chi connectivity index (χ4n) is 3.51. The van der Waals surface area contributed by atoms with Crippen LogP contribution in [0.1, 0.15) is 71.1 Å². The molecule has 4 nitrogen and oxygen atoms in total. The van der Waals surface area contributed by atoms with E-state index in [-0.39, 0.29) is 6.04 Å². The van der Waals surface area contributed by atoms with Gasteiger partial charge in [-0.25, -0.2) is 0 Å². The Morgan fingerprint density at radius 2 is 1.75 bits per heavy atom. The summed E-state index contributed by atoms with van der Waals surface area (Å²) < 4.78 is 6.16. The smallest absolute Gasteiger partial charge is 0.320 e. The molecule has 2 N–H and O–H groups in total. The van der Waals surface area contributed by atoms with E-state index in [0.717, 1.165) is 32.1 Å². The Morgan fingerprint density at radius 1 is 1.15 bits per heavy atom. The Bertz CT molecular complexity index is 294. The number of rotatable bonds is 7. The van der Waals surface area contributed by atoms with E-state index >= 15 is 0 Å². The van der Waals surface area contributed by atoms with Crippen LogP contribution in [0.4, 0.5) is 0 Å². The van der Waals surface area contributed by atoms with E-state index in [1.165, 1.54) is 25.7 Å². The van der Waals surface area contributed by atoms with Crippen molar-refractivity contribution in [2.75, 3.05) is 0 Å². The molecule has 0 bridgehead atoms. The summed E-state index contributed by atoms with van der Waals surface area (Å²) in [5.41, 5.74) is 0. The van der Waals surface area contributed by atoms with Crippen LogP contribution in [-0.4, -0.2) is 35.4 Å². The van der Waals surface area contributed by atoms with E-state index < -0.39 is 5.97 Å². The molecule has 0 aromatic rings. The summed E-state index contributed by atoms with van der Waals surface area (Å²) in [4.78, 5) is 11.2. The normalized spacial score (nSPS) is 29.4. The van der Waals surface area contributed by atoms with Gasteiger partial charge in [-0.2, -0.15) is 0 Å². The lowest BCUT2D eigenvalue weighted by molar-refractivity contribution is -0.140. The first-order chi connectivity index (χ1) is 9.69. The fraction of sp³-hybridized carbons (Fsp3) is 0.938. The van der Waals surface area contributed by atoms with E-state index in [1.54, 1.807) is 0 Å². The van der Waals surface area contributed by atoms with Crippen LogP contribution in [0.3, 0.4) is 0 Å². The first kappa shape index (κ1) is 15.8. The van der Waals surface area contributed by atoms with Crippen molar-refractivity contribution < 1.29 is 14.6 Å². The molecule has 2 fully saturated rings. The molecule has 2 rings (SSSR count). The van der Waals surface area contributed by atoms with E-state index in [0.29, 0.717) is 24.7 Å². The number of nitrogens with one attached hydrogen (secondary N) is 1. The van der Waals surface area contributed by atoms with Crippen molar-refractivity contribution >= 4 is 5.97 Å². The third-order valence-electron chi connectivity index (χ3n) is 4.67. The largest absolute Gasteiger partial charge is 0.480 e. The molecule has 2 saturated carbocycles. The minimum absolute atomic E-state index is 0.353. The highest BCUT2D eigenvalue weighted by atomic mass is 16.5. The van der Waals surface area contributed by atoms with Gasteiger partial charge >= 0.3 is 5.97 Å². The van der Waals surface area contributed by atoms with Gasteiger partial charge in [0, 0.05) is 6.04 Å². The number of carbonyl (C=O) groups is 1. The average Bonchev–Trinajstić information content (AvgIpc) is 2.93. The first-order valence-electron chi connectivity index (χ1n) is 8.33. The minimum Gasteiger partial charge on any atom is -0.480 e. The Kier molecular flexibility index (Phi) is 6.30. The van der Waals surface area contributed by atoms with Gasteiger partial charge in [-0.1, -0.05) is 26.2 Å². The summed E-state index contributed by atoms with van der Waals surface area (Å²) in [6.45, 7) is 2.03. The number of aliphatic carboxylic acids is 1. The van der Waals surface area contributed by atoms with Crippen molar-refractivity contribution in [1.29, 1.82) is 0 Å². The fourth-order valence-corrected chi connectivity index (χ4v) is 3.51. The summed E-state index contributed by atoms with van der Waals surface area (Å²) in [7, 11) is 0. The molecule has 0 spiro atoms. The Balaban J connectivity index is 1.68. The van der Waals surface area contributed by atoms with Crippen molar-refractivity contribution in [1.82, 2.24) is 5.32 Å². The number of carboxylic acid groups (broad SMARTS) is 1. The predicted molar refractivity (Wildman–Crippen MR) is 78.9 cm³/mol. The van der Waals surface area contributed by atoms with Crippen LogP contribution in [0.25, 0.3) is 0 Å². The average molecular weight is 283 g/mol. The molecule has 1 unspecified atom stereocenters. The van der Waals surface area contributed by atoms with Gasteiger partial charge in [0.05, 0.1) is 12.2 Å². The van der Waals surface area contributed by atoms with Gasteiger partial charge in [0.15, 0.2) is 0 Å². The standard InChI is InChI=1S/C16H29NO3/c1-2-5-15(16(18)19)17-12-8-10-14(11-9-12)20-13-6-3-4-7-13/h12-15,17H,2-11H2,1H3,(H,18,19). The van der Waals surface area contributed by atoms with Gasteiger partial charge in [0.2, 0.25) is 0 Å². The van der Waals surface area contributed by atoms with Gasteiger partial charge in [-0.05, 0) is 44.9 Å². The lowest BCUT2D eigenvalue weighted by Gasteiger charge is -2.32. The summed E-state index contributed by atoms with van der Waals surface area (Å²) >= 11 is 0. The molecule has 0 aromatic heterocycles. The third-order valence-corrected chi connectivity index (χ3v) is 4.67. The van der Waals surface area contributed by atoms with Gasteiger partial charge in [0.25, 0.3) is 0 Å². The predicted octanol–water partition coefficient (Wildman–Crippen LogP) is 3.10. The number of carboxylic acids is 1. The number of hydrogen-bond donors (Lipinski definition) is 2. The zero-order valence-corrected chi connectivity index (χ0v) is 12.6. The molecule has 1 atom stereocenters. The molecule has 0 heterocycles. The van der Waals surface area contributed by atoms with Gasteiger partial charge in [-0.3, -0.25) is 4.79 Å². The molecule has 0 saturated heterocycles. The second kappa shape index (κ2) is 7.99. The Morgan fingerprint density at radius 3 is 2.30 bits per heavy atom. The van der Waals surface area contributed by atoms with Gasteiger partial charge in [0.1, 0.15) is 6.04 Å². The molecule has 2 aliphatic carbocycles. The molecule has 0 radical (unpaired) electrons. The van der Waals surface area contributed by atoms with E-state index in [9.17, 15) is 9.90 Å². The molecule has 4 heteroatoms. The molecule has 0 aromatic carbocycles. The van der Waals surface area contributed by atoms with Crippen LogP contribution in [0.2, 0.25) is 0 Å². The highest BCUT2D eigenvalue weighted by Crippen LogP contribution is 2.28. The van der Waals surface area contributed by atoms with Crippen molar-refractivity contribution in [2.24, 2.45) is 0 Å². The molecule has 2 aliphatic rings. The first-order valence-corrected chi connectivity index (χ1v) is 8.33. The van der Waals surface area contributed by atoms with Crippen LogP contribution in [0, 0.1) is 0 Å². The second-order valence-corrected chi connectivity index (χ2v) is 6.36. The second-order valence-electron chi connectivity index (χ2n) is 6.36.